The maximum Gasteiger partial charge on any atom is 0.191 e. The number of nitrogens with one attached hydrogen (secondary N) is 2. The summed E-state index contributed by atoms with van der Waals surface area (Å²) in [6, 6.07) is 0. The molecule has 1 fully saturated rings. The first-order valence-electron chi connectivity index (χ1n) is 9.73. The third-order valence-electron chi connectivity index (χ3n) is 5.24. The van der Waals surface area contributed by atoms with Crippen LogP contribution in [0, 0.1) is 0 Å². The summed E-state index contributed by atoms with van der Waals surface area (Å²) in [5.74, 6) is 0.833. The van der Waals surface area contributed by atoms with E-state index in [9.17, 15) is 0 Å². The lowest BCUT2D eigenvalue weighted by Crippen LogP contribution is -2.56. The Bertz CT molecular complexity index is 608. The smallest absolute Gasteiger partial charge is 0.191 e. The predicted octanol–water partition coefficient (Wildman–Crippen LogP) is 1.94. The number of ether oxygens (including phenoxy) is 1. The second-order valence-electron chi connectivity index (χ2n) is 7.39. The van der Waals surface area contributed by atoms with Gasteiger partial charge in [0.1, 0.15) is 0 Å². The minimum Gasteiger partial charge on any atom is -0.379 e. The Morgan fingerprint density at radius 2 is 1.85 bits per heavy atom. The van der Waals surface area contributed by atoms with Gasteiger partial charge in [0.05, 0.1) is 18.9 Å². The van der Waals surface area contributed by atoms with Crippen molar-refractivity contribution in [2.24, 2.45) is 12.0 Å². The van der Waals surface area contributed by atoms with E-state index >= 15 is 0 Å². The molecule has 7 nitrogen and oxygen atoms in total. The highest BCUT2D eigenvalue weighted by molar-refractivity contribution is 14.0. The lowest BCUT2D eigenvalue weighted by atomic mass is 10.0. The molecular formula is C19H37IN6O. The van der Waals surface area contributed by atoms with Crippen LogP contribution in [-0.4, -0.2) is 66.1 Å². The Labute approximate surface area is 181 Å². The second kappa shape index (κ2) is 11.2. The molecular weight excluding hydrogens is 455 g/mol. The fraction of sp³-hybridized carbons (Fsp3) is 0.789. The standard InChI is InChI=1S/C19H36N6O.HI/c1-7-16-15(17(8-2)24(6)23-16)13-21-18(20-5)22-14-19(3,4)25-9-11-26-12-10-25;/h7-14H2,1-6H3,(H2,20,21,22);1H. The van der Waals surface area contributed by atoms with Crippen LogP contribution in [0.25, 0.3) is 0 Å². The van der Waals surface area contributed by atoms with E-state index in [1.807, 2.05) is 18.8 Å². The number of guanidine groups is 1. The summed E-state index contributed by atoms with van der Waals surface area (Å²) >= 11 is 0. The number of aliphatic imine (C=N–C) groups is 1. The molecule has 0 amide bonds. The molecule has 0 bridgehead atoms. The normalized spacial score (nSPS) is 16.1. The first kappa shape index (κ1) is 24.2. The Morgan fingerprint density at radius 3 is 2.41 bits per heavy atom. The fourth-order valence-electron chi connectivity index (χ4n) is 3.57. The van der Waals surface area contributed by atoms with E-state index < -0.39 is 0 Å². The molecule has 2 heterocycles. The molecule has 1 saturated heterocycles. The maximum absolute atomic E-state index is 5.47. The molecule has 27 heavy (non-hydrogen) atoms. The van der Waals surface area contributed by atoms with Gasteiger partial charge in [-0.15, -0.1) is 24.0 Å². The lowest BCUT2D eigenvalue weighted by Gasteiger charge is -2.41. The van der Waals surface area contributed by atoms with E-state index in [-0.39, 0.29) is 29.5 Å². The Hall–Kier alpha value is -0.870. The van der Waals surface area contributed by atoms with E-state index in [1.165, 1.54) is 17.0 Å². The summed E-state index contributed by atoms with van der Waals surface area (Å²) in [6.45, 7) is 14.0. The van der Waals surface area contributed by atoms with Gasteiger partial charge in [-0.1, -0.05) is 13.8 Å². The van der Waals surface area contributed by atoms with Crippen LogP contribution in [0.1, 0.15) is 44.6 Å². The summed E-state index contributed by atoms with van der Waals surface area (Å²) in [4.78, 5) is 6.87. The summed E-state index contributed by atoms with van der Waals surface area (Å²) in [5, 5.41) is 11.6. The fourth-order valence-corrected chi connectivity index (χ4v) is 3.57. The molecule has 1 aromatic heterocycles. The third kappa shape index (κ3) is 6.32. The molecule has 8 heteroatoms. The zero-order valence-electron chi connectivity index (χ0n) is 17.8. The van der Waals surface area contributed by atoms with Crippen molar-refractivity contribution in [2.45, 2.75) is 52.6 Å². The van der Waals surface area contributed by atoms with E-state index in [0.29, 0.717) is 0 Å². The zero-order valence-corrected chi connectivity index (χ0v) is 20.1. The van der Waals surface area contributed by atoms with Crippen LogP contribution in [0.5, 0.6) is 0 Å². The molecule has 0 unspecified atom stereocenters. The molecule has 2 N–H and O–H groups in total. The van der Waals surface area contributed by atoms with Crippen LogP contribution in [0.4, 0.5) is 0 Å². The number of aromatic nitrogens is 2. The Morgan fingerprint density at radius 1 is 1.19 bits per heavy atom. The number of hydrogen-bond donors (Lipinski definition) is 2. The van der Waals surface area contributed by atoms with E-state index in [0.717, 1.165) is 58.2 Å². The van der Waals surface area contributed by atoms with Gasteiger partial charge < -0.3 is 15.4 Å². The van der Waals surface area contributed by atoms with Gasteiger partial charge in [-0.05, 0) is 26.7 Å². The van der Waals surface area contributed by atoms with Gasteiger partial charge in [0, 0.05) is 57.1 Å². The van der Waals surface area contributed by atoms with Crippen LogP contribution in [0.15, 0.2) is 4.99 Å². The maximum atomic E-state index is 5.47. The van der Waals surface area contributed by atoms with E-state index in [4.69, 9.17) is 4.74 Å². The summed E-state index contributed by atoms with van der Waals surface area (Å²) in [7, 11) is 3.85. The topological polar surface area (TPSA) is 66.7 Å². The van der Waals surface area contributed by atoms with Gasteiger partial charge >= 0.3 is 0 Å². The van der Waals surface area contributed by atoms with Crippen LogP contribution in [0.2, 0.25) is 0 Å². The van der Waals surface area contributed by atoms with Crippen molar-refractivity contribution in [1.82, 2.24) is 25.3 Å². The number of morpholine rings is 1. The van der Waals surface area contributed by atoms with Crippen molar-refractivity contribution in [3.8, 4) is 0 Å². The van der Waals surface area contributed by atoms with Crippen LogP contribution in [0.3, 0.4) is 0 Å². The SMILES string of the molecule is CCc1nn(C)c(CC)c1CNC(=NC)NCC(C)(C)N1CCOCC1.I. The molecule has 0 saturated carbocycles. The number of aryl methyl sites for hydroxylation is 2. The minimum absolute atomic E-state index is 0. The highest BCUT2D eigenvalue weighted by atomic mass is 127. The summed E-state index contributed by atoms with van der Waals surface area (Å²) in [5.41, 5.74) is 3.81. The number of rotatable bonds is 7. The Kier molecular flexibility index (Phi) is 10.0. The zero-order chi connectivity index (χ0) is 19.2. The molecule has 1 aliphatic rings. The predicted molar refractivity (Wildman–Crippen MR) is 122 cm³/mol. The average molecular weight is 492 g/mol. The largest absolute Gasteiger partial charge is 0.379 e. The van der Waals surface area contributed by atoms with Crippen molar-refractivity contribution in [2.75, 3.05) is 39.9 Å². The van der Waals surface area contributed by atoms with Crippen LogP contribution >= 0.6 is 24.0 Å². The molecule has 0 aliphatic carbocycles. The average Bonchev–Trinajstić information content (AvgIpc) is 2.97. The molecule has 0 radical (unpaired) electrons. The summed E-state index contributed by atoms with van der Waals surface area (Å²) in [6.07, 6.45) is 1.93. The molecule has 156 valence electrons. The molecule has 0 aromatic carbocycles. The third-order valence-corrected chi connectivity index (χ3v) is 5.24. The number of hydrogen-bond acceptors (Lipinski definition) is 4. The van der Waals surface area contributed by atoms with Crippen molar-refractivity contribution >= 4 is 29.9 Å². The molecule has 0 spiro atoms. The molecule has 0 atom stereocenters. The van der Waals surface area contributed by atoms with Gasteiger partial charge in [0.2, 0.25) is 0 Å². The number of halogens is 1. The van der Waals surface area contributed by atoms with E-state index in [2.05, 4.69) is 53.3 Å². The van der Waals surface area contributed by atoms with Crippen LogP contribution < -0.4 is 10.6 Å². The second-order valence-corrected chi connectivity index (χ2v) is 7.39. The quantitative estimate of drug-likeness (QED) is 0.346. The number of nitrogens with zero attached hydrogens (tertiary/aromatic N) is 4. The van der Waals surface area contributed by atoms with Crippen molar-refractivity contribution < 1.29 is 4.74 Å². The first-order valence-corrected chi connectivity index (χ1v) is 9.73. The van der Waals surface area contributed by atoms with Crippen molar-refractivity contribution in [1.29, 1.82) is 0 Å². The van der Waals surface area contributed by atoms with Crippen molar-refractivity contribution in [3.63, 3.8) is 0 Å². The summed E-state index contributed by atoms with van der Waals surface area (Å²) < 4.78 is 7.48. The van der Waals surface area contributed by atoms with Gasteiger partial charge in [-0.25, -0.2) is 0 Å². The lowest BCUT2D eigenvalue weighted by molar-refractivity contribution is -0.00834. The van der Waals surface area contributed by atoms with Gasteiger partial charge in [-0.3, -0.25) is 14.6 Å². The van der Waals surface area contributed by atoms with Gasteiger partial charge in [-0.2, -0.15) is 5.10 Å². The molecule has 2 rings (SSSR count). The monoisotopic (exact) mass is 492 g/mol. The minimum atomic E-state index is 0. The molecule has 1 aromatic rings. The van der Waals surface area contributed by atoms with Crippen LogP contribution in [-0.2, 0) is 31.2 Å². The highest BCUT2D eigenvalue weighted by Gasteiger charge is 2.28. The Balaban J connectivity index is 0.00000364. The molecule has 1 aliphatic heterocycles. The van der Waals surface area contributed by atoms with Gasteiger partial charge in [0.25, 0.3) is 0 Å². The first-order chi connectivity index (χ1) is 12.4. The van der Waals surface area contributed by atoms with Crippen molar-refractivity contribution in [3.05, 3.63) is 17.0 Å². The highest BCUT2D eigenvalue weighted by Crippen LogP contribution is 2.16. The van der Waals surface area contributed by atoms with Gasteiger partial charge in [0.15, 0.2) is 5.96 Å². The van der Waals surface area contributed by atoms with E-state index in [1.54, 1.807) is 0 Å².